The number of sulfonamides is 1. The van der Waals surface area contributed by atoms with Crippen molar-refractivity contribution in [3.05, 3.63) is 57.6 Å². The van der Waals surface area contributed by atoms with Gasteiger partial charge in [-0.3, -0.25) is 4.79 Å². The summed E-state index contributed by atoms with van der Waals surface area (Å²) in [5, 5.41) is 3.23. The molecule has 0 saturated heterocycles. The molecule has 5 nitrogen and oxygen atoms in total. The van der Waals surface area contributed by atoms with Crippen molar-refractivity contribution in [1.82, 2.24) is 4.31 Å². The number of rotatable bonds is 6. The zero-order valence-corrected chi connectivity index (χ0v) is 17.0. The van der Waals surface area contributed by atoms with E-state index in [1.54, 1.807) is 45.0 Å². The third-order valence-electron chi connectivity index (χ3n) is 4.00. The summed E-state index contributed by atoms with van der Waals surface area (Å²) in [4.78, 5) is 12.7. The van der Waals surface area contributed by atoms with Crippen LogP contribution in [0.2, 0.25) is 10.0 Å². The largest absolute Gasteiger partial charge is 0.321 e. The third-order valence-corrected chi connectivity index (χ3v) is 6.86. The molecule has 0 aliphatic carbocycles. The van der Waals surface area contributed by atoms with Crippen LogP contribution in [0.3, 0.4) is 0 Å². The van der Waals surface area contributed by atoms with Crippen LogP contribution >= 0.6 is 23.2 Å². The van der Waals surface area contributed by atoms with Crippen molar-refractivity contribution in [2.75, 3.05) is 18.4 Å². The quantitative estimate of drug-likeness (QED) is 0.751. The van der Waals surface area contributed by atoms with Crippen molar-refractivity contribution in [3.8, 4) is 0 Å². The molecule has 8 heteroatoms. The molecule has 26 heavy (non-hydrogen) atoms. The summed E-state index contributed by atoms with van der Waals surface area (Å²) in [6.07, 6.45) is 0. The van der Waals surface area contributed by atoms with E-state index in [-0.39, 0.29) is 15.5 Å². The van der Waals surface area contributed by atoms with Crippen molar-refractivity contribution in [2.45, 2.75) is 25.7 Å². The number of carbonyl (C=O) groups is 1. The van der Waals surface area contributed by atoms with Gasteiger partial charge in [0.05, 0.1) is 20.6 Å². The second kappa shape index (κ2) is 8.39. The Kier molecular flexibility index (Phi) is 6.69. The maximum Gasteiger partial charge on any atom is 0.256 e. The van der Waals surface area contributed by atoms with Gasteiger partial charge in [0.25, 0.3) is 5.91 Å². The summed E-state index contributed by atoms with van der Waals surface area (Å²) < 4.78 is 26.7. The molecule has 0 aliphatic rings. The standard InChI is InChI=1S/C18H20Cl2N2O3S/c1-4-22(5-2)26(24,25)13-10-9-12(3)14(11-13)18(23)21-16-8-6-7-15(19)17(16)20/h6-11H,4-5H2,1-3H3,(H,21,23). The minimum atomic E-state index is -3.66. The number of amides is 1. The van der Waals surface area contributed by atoms with E-state index in [1.165, 1.54) is 16.4 Å². The van der Waals surface area contributed by atoms with Crippen LogP contribution in [0.4, 0.5) is 5.69 Å². The van der Waals surface area contributed by atoms with E-state index in [1.807, 2.05) is 0 Å². The summed E-state index contributed by atoms with van der Waals surface area (Å²) >= 11 is 12.1. The monoisotopic (exact) mass is 414 g/mol. The Bertz CT molecular complexity index is 926. The molecule has 0 aromatic heterocycles. The molecule has 2 aromatic carbocycles. The first-order valence-electron chi connectivity index (χ1n) is 8.08. The Labute approximate surface area is 164 Å². The zero-order chi connectivity index (χ0) is 19.5. The van der Waals surface area contributed by atoms with Crippen molar-refractivity contribution in [1.29, 1.82) is 0 Å². The van der Waals surface area contributed by atoms with Crippen LogP contribution < -0.4 is 5.32 Å². The molecule has 0 bridgehead atoms. The van der Waals surface area contributed by atoms with Crippen LogP contribution in [-0.4, -0.2) is 31.7 Å². The van der Waals surface area contributed by atoms with Gasteiger partial charge in [-0.2, -0.15) is 4.31 Å². The molecule has 0 unspecified atom stereocenters. The minimum absolute atomic E-state index is 0.0779. The summed E-state index contributed by atoms with van der Waals surface area (Å²) in [5.41, 5.74) is 1.27. The normalized spacial score (nSPS) is 11.6. The second-order valence-electron chi connectivity index (χ2n) is 5.62. The molecule has 0 aliphatic heterocycles. The Hall–Kier alpha value is -1.60. The first kappa shape index (κ1) is 20.7. The molecule has 1 amide bonds. The van der Waals surface area contributed by atoms with Crippen LogP contribution in [0.5, 0.6) is 0 Å². The molecule has 2 rings (SSSR count). The van der Waals surface area contributed by atoms with Crippen molar-refractivity contribution >= 4 is 44.8 Å². The average molecular weight is 415 g/mol. The molecule has 0 spiro atoms. The van der Waals surface area contributed by atoms with E-state index in [2.05, 4.69) is 5.32 Å². The fraction of sp³-hybridized carbons (Fsp3) is 0.278. The van der Waals surface area contributed by atoms with Gasteiger partial charge in [0.2, 0.25) is 10.0 Å². The van der Waals surface area contributed by atoms with Crippen LogP contribution in [0, 0.1) is 6.92 Å². The molecule has 0 fully saturated rings. The number of halogens is 2. The van der Waals surface area contributed by atoms with Crippen molar-refractivity contribution < 1.29 is 13.2 Å². The van der Waals surface area contributed by atoms with Gasteiger partial charge in [0.15, 0.2) is 0 Å². The topological polar surface area (TPSA) is 66.5 Å². The van der Waals surface area contributed by atoms with Crippen LogP contribution in [0.15, 0.2) is 41.3 Å². The number of hydrogen-bond donors (Lipinski definition) is 1. The predicted octanol–water partition coefficient (Wildman–Crippen LogP) is 4.58. The highest BCUT2D eigenvalue weighted by Gasteiger charge is 2.23. The van der Waals surface area contributed by atoms with Crippen molar-refractivity contribution in [2.24, 2.45) is 0 Å². The first-order valence-corrected chi connectivity index (χ1v) is 10.3. The lowest BCUT2D eigenvalue weighted by Gasteiger charge is -2.19. The summed E-state index contributed by atoms with van der Waals surface area (Å²) in [7, 11) is -3.66. The van der Waals surface area contributed by atoms with E-state index in [0.29, 0.717) is 29.4 Å². The van der Waals surface area contributed by atoms with Gasteiger partial charge in [0.1, 0.15) is 0 Å². The second-order valence-corrected chi connectivity index (χ2v) is 8.34. The predicted molar refractivity (Wildman–Crippen MR) is 106 cm³/mol. The molecule has 0 heterocycles. The maximum absolute atomic E-state index is 12.7. The highest BCUT2D eigenvalue weighted by Crippen LogP contribution is 2.30. The number of nitrogens with zero attached hydrogens (tertiary/aromatic N) is 1. The third kappa shape index (κ3) is 4.20. The smallest absolute Gasteiger partial charge is 0.256 e. The van der Waals surface area contributed by atoms with Crippen LogP contribution in [0.25, 0.3) is 0 Å². The average Bonchev–Trinajstić information content (AvgIpc) is 2.60. The number of benzene rings is 2. The number of nitrogens with one attached hydrogen (secondary N) is 1. The Morgan fingerprint density at radius 3 is 2.38 bits per heavy atom. The van der Waals surface area contributed by atoms with Gasteiger partial charge in [-0.25, -0.2) is 8.42 Å². The lowest BCUT2D eigenvalue weighted by atomic mass is 10.1. The fourth-order valence-corrected chi connectivity index (χ4v) is 4.34. The highest BCUT2D eigenvalue weighted by molar-refractivity contribution is 7.89. The number of hydrogen-bond acceptors (Lipinski definition) is 3. The van der Waals surface area contributed by atoms with E-state index in [4.69, 9.17) is 23.2 Å². The summed E-state index contributed by atoms with van der Waals surface area (Å²) in [6, 6.07) is 9.41. The Morgan fingerprint density at radius 2 is 1.77 bits per heavy atom. The van der Waals surface area contributed by atoms with Crippen LogP contribution in [-0.2, 0) is 10.0 Å². The molecule has 1 N–H and O–H groups in total. The van der Waals surface area contributed by atoms with E-state index in [0.717, 1.165) is 0 Å². The molecule has 140 valence electrons. The lowest BCUT2D eigenvalue weighted by Crippen LogP contribution is -2.30. The molecular weight excluding hydrogens is 395 g/mol. The Morgan fingerprint density at radius 1 is 1.12 bits per heavy atom. The number of aryl methyl sites for hydroxylation is 1. The Balaban J connectivity index is 2.41. The van der Waals surface area contributed by atoms with Crippen molar-refractivity contribution in [3.63, 3.8) is 0 Å². The maximum atomic E-state index is 12.7. The van der Waals surface area contributed by atoms with E-state index < -0.39 is 15.9 Å². The highest BCUT2D eigenvalue weighted by atomic mass is 35.5. The SMILES string of the molecule is CCN(CC)S(=O)(=O)c1ccc(C)c(C(=O)Nc2cccc(Cl)c2Cl)c1. The van der Waals surface area contributed by atoms with Gasteiger partial charge in [0, 0.05) is 18.7 Å². The number of carbonyl (C=O) groups excluding carboxylic acids is 1. The van der Waals surface area contributed by atoms with Gasteiger partial charge < -0.3 is 5.32 Å². The van der Waals surface area contributed by atoms with Gasteiger partial charge in [-0.05, 0) is 36.8 Å². The lowest BCUT2D eigenvalue weighted by molar-refractivity contribution is 0.102. The van der Waals surface area contributed by atoms with Gasteiger partial charge in [-0.1, -0.05) is 49.2 Å². The van der Waals surface area contributed by atoms with Gasteiger partial charge in [-0.15, -0.1) is 0 Å². The molecule has 2 aromatic rings. The molecule has 0 radical (unpaired) electrons. The summed E-state index contributed by atoms with van der Waals surface area (Å²) in [6.45, 7) is 5.98. The zero-order valence-electron chi connectivity index (χ0n) is 14.7. The van der Waals surface area contributed by atoms with E-state index >= 15 is 0 Å². The fourth-order valence-electron chi connectivity index (χ4n) is 2.51. The first-order chi connectivity index (χ1) is 12.2. The molecular formula is C18H20Cl2N2O3S. The summed E-state index contributed by atoms with van der Waals surface area (Å²) in [5.74, 6) is -0.455. The molecule has 0 atom stereocenters. The van der Waals surface area contributed by atoms with E-state index in [9.17, 15) is 13.2 Å². The minimum Gasteiger partial charge on any atom is -0.321 e. The number of anilines is 1. The molecule has 0 saturated carbocycles. The van der Waals surface area contributed by atoms with Gasteiger partial charge >= 0.3 is 0 Å². The van der Waals surface area contributed by atoms with Crippen LogP contribution in [0.1, 0.15) is 29.8 Å².